The van der Waals surface area contributed by atoms with Gasteiger partial charge in [0, 0.05) is 13.7 Å². The number of allylic oxidation sites excluding steroid dienone is 1. The molecule has 0 amide bonds. The summed E-state index contributed by atoms with van der Waals surface area (Å²) in [7, 11) is 1.79. The summed E-state index contributed by atoms with van der Waals surface area (Å²) in [6.07, 6.45) is 7.49. The Morgan fingerprint density at radius 1 is 1.45 bits per heavy atom. The quantitative estimate of drug-likeness (QED) is 0.568. The largest absolute Gasteiger partial charge is 0.384 e. The zero-order valence-corrected chi connectivity index (χ0v) is 7.38. The highest BCUT2D eigenvalue weighted by atomic mass is 16.5. The molecule has 0 aromatic rings. The maximum atomic E-state index is 5.17. The third-order valence-corrected chi connectivity index (χ3v) is 2.65. The Morgan fingerprint density at radius 2 is 2.18 bits per heavy atom. The van der Waals surface area contributed by atoms with Crippen molar-refractivity contribution in [2.45, 2.75) is 25.7 Å². The van der Waals surface area contributed by atoms with Crippen LogP contribution in [0.2, 0.25) is 0 Å². The molecule has 1 fully saturated rings. The summed E-state index contributed by atoms with van der Waals surface area (Å²) in [6.45, 7) is 4.77. The van der Waals surface area contributed by atoms with Crippen molar-refractivity contribution in [3.63, 3.8) is 0 Å². The second-order valence-corrected chi connectivity index (χ2v) is 3.40. The van der Waals surface area contributed by atoms with Crippen molar-refractivity contribution in [1.29, 1.82) is 0 Å². The molecule has 1 nitrogen and oxygen atoms in total. The summed E-state index contributed by atoms with van der Waals surface area (Å²) in [4.78, 5) is 0. The fourth-order valence-electron chi connectivity index (χ4n) is 1.97. The zero-order valence-electron chi connectivity index (χ0n) is 7.38. The van der Waals surface area contributed by atoms with Gasteiger partial charge in [-0.05, 0) is 24.7 Å². The van der Waals surface area contributed by atoms with Crippen LogP contribution in [0.4, 0.5) is 0 Å². The van der Waals surface area contributed by atoms with Gasteiger partial charge in [0.15, 0.2) is 0 Å². The van der Waals surface area contributed by atoms with Crippen molar-refractivity contribution >= 4 is 0 Å². The standard InChI is InChI=1S/C10H18O/c1-3-9-6-4-5-7-10(9)8-11-2/h3,9-10H,1,4-8H2,2H3/t9-,10+/m1/s1. The smallest absolute Gasteiger partial charge is 0.0496 e. The average molecular weight is 154 g/mol. The van der Waals surface area contributed by atoms with E-state index in [2.05, 4.69) is 12.7 Å². The molecule has 1 aliphatic carbocycles. The lowest BCUT2D eigenvalue weighted by Gasteiger charge is -2.28. The van der Waals surface area contributed by atoms with E-state index in [0.717, 1.165) is 12.5 Å². The van der Waals surface area contributed by atoms with Gasteiger partial charge in [-0.15, -0.1) is 6.58 Å². The first-order valence-corrected chi connectivity index (χ1v) is 4.50. The van der Waals surface area contributed by atoms with Crippen molar-refractivity contribution < 1.29 is 4.74 Å². The predicted octanol–water partition coefficient (Wildman–Crippen LogP) is 2.63. The minimum absolute atomic E-state index is 0.712. The Balaban J connectivity index is 2.37. The molecular weight excluding hydrogens is 136 g/mol. The van der Waals surface area contributed by atoms with Gasteiger partial charge in [0.2, 0.25) is 0 Å². The molecule has 1 heteroatoms. The van der Waals surface area contributed by atoms with E-state index in [4.69, 9.17) is 4.74 Å². The van der Waals surface area contributed by atoms with Crippen LogP contribution in [0.1, 0.15) is 25.7 Å². The Hall–Kier alpha value is -0.300. The van der Waals surface area contributed by atoms with Crippen LogP contribution >= 0.6 is 0 Å². The maximum absolute atomic E-state index is 5.17. The Morgan fingerprint density at radius 3 is 2.82 bits per heavy atom. The minimum atomic E-state index is 0.712. The zero-order chi connectivity index (χ0) is 8.10. The van der Waals surface area contributed by atoms with E-state index in [9.17, 15) is 0 Å². The van der Waals surface area contributed by atoms with Crippen molar-refractivity contribution in [3.05, 3.63) is 12.7 Å². The van der Waals surface area contributed by atoms with Crippen LogP contribution in [0.5, 0.6) is 0 Å². The molecule has 0 radical (unpaired) electrons. The lowest BCUT2D eigenvalue weighted by molar-refractivity contribution is 0.110. The maximum Gasteiger partial charge on any atom is 0.0496 e. The van der Waals surface area contributed by atoms with Gasteiger partial charge in [-0.1, -0.05) is 18.9 Å². The number of ether oxygens (including phenoxy) is 1. The van der Waals surface area contributed by atoms with Crippen LogP contribution in [-0.2, 0) is 4.74 Å². The number of rotatable bonds is 3. The molecule has 0 spiro atoms. The first-order valence-electron chi connectivity index (χ1n) is 4.50. The normalized spacial score (nSPS) is 31.7. The molecule has 0 unspecified atom stereocenters. The number of hydrogen-bond acceptors (Lipinski definition) is 1. The Labute approximate surface area is 69.4 Å². The number of hydrogen-bond donors (Lipinski definition) is 0. The van der Waals surface area contributed by atoms with E-state index in [1.165, 1.54) is 25.7 Å². The summed E-state index contributed by atoms with van der Waals surface area (Å²) in [5.74, 6) is 1.45. The molecule has 0 aromatic carbocycles. The highest BCUT2D eigenvalue weighted by Crippen LogP contribution is 2.30. The highest BCUT2D eigenvalue weighted by molar-refractivity contribution is 4.87. The molecule has 0 heterocycles. The molecule has 0 N–H and O–H groups in total. The van der Waals surface area contributed by atoms with Gasteiger partial charge < -0.3 is 4.74 Å². The van der Waals surface area contributed by atoms with Gasteiger partial charge >= 0.3 is 0 Å². The first kappa shape index (κ1) is 8.79. The molecule has 0 aromatic heterocycles. The molecule has 64 valence electrons. The van der Waals surface area contributed by atoms with Crippen LogP contribution in [-0.4, -0.2) is 13.7 Å². The van der Waals surface area contributed by atoms with Crippen LogP contribution in [0.25, 0.3) is 0 Å². The van der Waals surface area contributed by atoms with Gasteiger partial charge in [-0.3, -0.25) is 0 Å². The molecule has 2 atom stereocenters. The molecule has 11 heavy (non-hydrogen) atoms. The molecular formula is C10H18O. The van der Waals surface area contributed by atoms with Crippen LogP contribution in [0.15, 0.2) is 12.7 Å². The van der Waals surface area contributed by atoms with Crippen LogP contribution in [0.3, 0.4) is 0 Å². The molecule has 0 aliphatic heterocycles. The van der Waals surface area contributed by atoms with Gasteiger partial charge in [-0.25, -0.2) is 0 Å². The fourth-order valence-corrected chi connectivity index (χ4v) is 1.97. The van der Waals surface area contributed by atoms with Gasteiger partial charge in [0.1, 0.15) is 0 Å². The minimum Gasteiger partial charge on any atom is -0.384 e. The van der Waals surface area contributed by atoms with Gasteiger partial charge in [0.25, 0.3) is 0 Å². The van der Waals surface area contributed by atoms with Crippen molar-refractivity contribution in [2.75, 3.05) is 13.7 Å². The topological polar surface area (TPSA) is 9.23 Å². The summed E-state index contributed by atoms with van der Waals surface area (Å²) in [6, 6.07) is 0. The van der Waals surface area contributed by atoms with Gasteiger partial charge in [-0.2, -0.15) is 0 Å². The number of methoxy groups -OCH3 is 1. The molecule has 0 bridgehead atoms. The van der Waals surface area contributed by atoms with Gasteiger partial charge in [0.05, 0.1) is 0 Å². The summed E-state index contributed by atoms with van der Waals surface area (Å²) >= 11 is 0. The summed E-state index contributed by atoms with van der Waals surface area (Å²) in [5.41, 5.74) is 0. The van der Waals surface area contributed by atoms with E-state index in [1.54, 1.807) is 7.11 Å². The summed E-state index contributed by atoms with van der Waals surface area (Å²) < 4.78 is 5.17. The third-order valence-electron chi connectivity index (χ3n) is 2.65. The third kappa shape index (κ3) is 2.33. The molecule has 1 saturated carbocycles. The van der Waals surface area contributed by atoms with Crippen LogP contribution in [0, 0.1) is 11.8 Å². The van der Waals surface area contributed by atoms with Crippen LogP contribution < -0.4 is 0 Å². The molecule has 1 aliphatic rings. The van der Waals surface area contributed by atoms with E-state index >= 15 is 0 Å². The molecule has 0 saturated heterocycles. The van der Waals surface area contributed by atoms with E-state index in [0.29, 0.717) is 5.92 Å². The van der Waals surface area contributed by atoms with E-state index in [-0.39, 0.29) is 0 Å². The van der Waals surface area contributed by atoms with Crippen molar-refractivity contribution in [1.82, 2.24) is 0 Å². The lowest BCUT2D eigenvalue weighted by Crippen LogP contribution is -2.21. The second-order valence-electron chi connectivity index (χ2n) is 3.40. The first-order chi connectivity index (χ1) is 5.38. The monoisotopic (exact) mass is 154 g/mol. The Kier molecular flexibility index (Phi) is 3.64. The average Bonchev–Trinajstić information content (AvgIpc) is 2.06. The fraction of sp³-hybridized carbons (Fsp3) is 0.800. The van der Waals surface area contributed by atoms with Crippen molar-refractivity contribution in [2.24, 2.45) is 11.8 Å². The SMILES string of the molecule is C=C[C@@H]1CCCC[C@H]1COC. The van der Waals surface area contributed by atoms with E-state index in [1.807, 2.05) is 0 Å². The Bertz CT molecular complexity index is 118. The second kappa shape index (κ2) is 4.55. The predicted molar refractivity (Wildman–Crippen MR) is 47.5 cm³/mol. The van der Waals surface area contributed by atoms with Crippen molar-refractivity contribution in [3.8, 4) is 0 Å². The molecule has 1 rings (SSSR count). The summed E-state index contributed by atoms with van der Waals surface area (Å²) in [5, 5.41) is 0. The van der Waals surface area contributed by atoms with E-state index < -0.39 is 0 Å². The lowest BCUT2D eigenvalue weighted by atomic mass is 9.80. The highest BCUT2D eigenvalue weighted by Gasteiger charge is 2.21.